The van der Waals surface area contributed by atoms with Gasteiger partial charge in [-0.25, -0.2) is 4.98 Å². The molecule has 0 spiro atoms. The highest BCUT2D eigenvalue weighted by Gasteiger charge is 2.32. The van der Waals surface area contributed by atoms with Gasteiger partial charge in [0.05, 0.1) is 13.2 Å². The van der Waals surface area contributed by atoms with Gasteiger partial charge in [-0.3, -0.25) is 9.88 Å². The quantitative estimate of drug-likeness (QED) is 0.714. The molecule has 4 heterocycles. The summed E-state index contributed by atoms with van der Waals surface area (Å²) in [7, 11) is 2.06. The highest BCUT2D eigenvalue weighted by molar-refractivity contribution is 5.44. The van der Waals surface area contributed by atoms with Crippen LogP contribution in [-0.2, 0) is 17.5 Å². The van der Waals surface area contributed by atoms with Crippen LogP contribution in [0, 0.1) is 0 Å². The van der Waals surface area contributed by atoms with Crippen molar-refractivity contribution in [2.75, 3.05) is 56.2 Å². The van der Waals surface area contributed by atoms with E-state index in [1.807, 2.05) is 6.07 Å². The average Bonchev–Trinajstić information content (AvgIpc) is 2.79. The molecule has 0 unspecified atom stereocenters. The molecule has 2 aromatic heterocycles. The number of pyridine rings is 1. The van der Waals surface area contributed by atoms with Gasteiger partial charge < -0.3 is 14.5 Å². The van der Waals surface area contributed by atoms with E-state index in [9.17, 15) is 13.2 Å². The maximum Gasteiger partial charge on any atom is 0.433 e. The molecular weight excluding hydrogens is 409 g/mol. The molecule has 2 aliphatic heterocycles. The third-order valence-electron chi connectivity index (χ3n) is 5.91. The van der Waals surface area contributed by atoms with Crippen LogP contribution in [0.15, 0.2) is 30.6 Å². The second-order valence-electron chi connectivity index (χ2n) is 7.98. The number of piperidine rings is 1. The number of morpholine rings is 1. The Morgan fingerprint density at radius 3 is 2.45 bits per heavy atom. The first-order valence-corrected chi connectivity index (χ1v) is 10.5. The molecule has 2 aliphatic rings. The Hall–Kier alpha value is -2.46. The van der Waals surface area contributed by atoms with Gasteiger partial charge in [-0.05, 0) is 30.5 Å². The van der Waals surface area contributed by atoms with Gasteiger partial charge in [0.2, 0.25) is 5.95 Å². The Morgan fingerprint density at radius 2 is 1.81 bits per heavy atom. The molecule has 4 rings (SSSR count). The van der Waals surface area contributed by atoms with Crippen molar-refractivity contribution in [3.8, 4) is 0 Å². The molecule has 0 aromatic carbocycles. The van der Waals surface area contributed by atoms with Gasteiger partial charge in [-0.1, -0.05) is 6.07 Å². The van der Waals surface area contributed by atoms with Crippen molar-refractivity contribution in [1.29, 1.82) is 0 Å². The number of aromatic nitrogens is 3. The van der Waals surface area contributed by atoms with E-state index in [1.165, 1.54) is 12.3 Å². The highest BCUT2D eigenvalue weighted by atomic mass is 19.4. The lowest BCUT2D eigenvalue weighted by Gasteiger charge is -2.37. The summed E-state index contributed by atoms with van der Waals surface area (Å²) < 4.78 is 43.4. The molecule has 0 radical (unpaired) electrons. The number of hydrogen-bond acceptors (Lipinski definition) is 7. The van der Waals surface area contributed by atoms with Gasteiger partial charge in [-0.15, -0.1) is 0 Å². The van der Waals surface area contributed by atoms with Crippen molar-refractivity contribution < 1.29 is 17.9 Å². The molecule has 0 amide bonds. The van der Waals surface area contributed by atoms with E-state index in [0.717, 1.165) is 62.4 Å². The first-order valence-electron chi connectivity index (χ1n) is 10.5. The zero-order chi connectivity index (χ0) is 21.8. The van der Waals surface area contributed by atoms with Crippen molar-refractivity contribution in [2.45, 2.75) is 31.6 Å². The number of halogens is 3. The lowest BCUT2D eigenvalue weighted by molar-refractivity contribution is -0.141. The van der Waals surface area contributed by atoms with Crippen LogP contribution in [0.4, 0.5) is 24.9 Å². The largest absolute Gasteiger partial charge is 0.433 e. The third kappa shape index (κ3) is 5.43. The van der Waals surface area contributed by atoms with Crippen molar-refractivity contribution in [2.24, 2.45) is 0 Å². The highest BCUT2D eigenvalue weighted by Crippen LogP contribution is 2.28. The molecule has 31 heavy (non-hydrogen) atoms. The van der Waals surface area contributed by atoms with Gasteiger partial charge in [0.15, 0.2) is 0 Å². The fourth-order valence-electron chi connectivity index (χ4n) is 4.05. The van der Waals surface area contributed by atoms with E-state index < -0.39 is 11.9 Å². The van der Waals surface area contributed by atoms with Crippen LogP contribution in [0.5, 0.6) is 0 Å². The van der Waals surface area contributed by atoms with Crippen LogP contribution in [0.2, 0.25) is 0 Å². The smallest absolute Gasteiger partial charge is 0.378 e. The van der Waals surface area contributed by atoms with Crippen LogP contribution in [-0.4, -0.2) is 72.3 Å². The van der Waals surface area contributed by atoms with Gasteiger partial charge in [0.1, 0.15) is 11.5 Å². The summed E-state index contributed by atoms with van der Waals surface area (Å²) in [4.78, 5) is 19.3. The fourth-order valence-corrected chi connectivity index (χ4v) is 4.05. The Bertz CT molecular complexity index is 849. The molecule has 2 saturated heterocycles. The summed E-state index contributed by atoms with van der Waals surface area (Å²) in [5, 5.41) is 0. The summed E-state index contributed by atoms with van der Waals surface area (Å²) in [6, 6.07) is 4.86. The fraction of sp³-hybridized carbons (Fsp3) is 0.571. The van der Waals surface area contributed by atoms with Crippen molar-refractivity contribution in [1.82, 2.24) is 19.9 Å². The summed E-state index contributed by atoms with van der Waals surface area (Å²) in [5.74, 6) is 1.64. The van der Waals surface area contributed by atoms with Gasteiger partial charge in [0, 0.05) is 58.2 Å². The molecule has 10 heteroatoms. The summed E-state index contributed by atoms with van der Waals surface area (Å²) >= 11 is 0. The molecule has 2 aromatic rings. The maximum atomic E-state index is 12.7. The van der Waals surface area contributed by atoms with Crippen LogP contribution < -0.4 is 9.80 Å². The number of likely N-dealkylation sites (tertiary alicyclic amines) is 1. The lowest BCUT2D eigenvalue weighted by atomic mass is 10.0. The Balaban J connectivity index is 1.31. The van der Waals surface area contributed by atoms with Crippen LogP contribution in [0.25, 0.3) is 0 Å². The van der Waals surface area contributed by atoms with Crippen molar-refractivity contribution in [3.63, 3.8) is 0 Å². The van der Waals surface area contributed by atoms with Crippen LogP contribution in [0.3, 0.4) is 0 Å². The maximum absolute atomic E-state index is 12.7. The number of nitrogens with zero attached hydrogens (tertiary/aromatic N) is 6. The van der Waals surface area contributed by atoms with E-state index in [4.69, 9.17) is 9.72 Å². The first kappa shape index (κ1) is 21.8. The van der Waals surface area contributed by atoms with Gasteiger partial charge in [-0.2, -0.15) is 18.2 Å². The second-order valence-corrected chi connectivity index (χ2v) is 7.98. The van der Waals surface area contributed by atoms with E-state index in [-0.39, 0.29) is 0 Å². The van der Waals surface area contributed by atoms with Crippen molar-refractivity contribution >= 4 is 11.8 Å². The molecule has 0 saturated carbocycles. The van der Waals surface area contributed by atoms with Gasteiger partial charge >= 0.3 is 6.18 Å². The molecule has 7 nitrogen and oxygen atoms in total. The van der Waals surface area contributed by atoms with Crippen LogP contribution >= 0.6 is 0 Å². The first-order chi connectivity index (χ1) is 14.9. The summed E-state index contributed by atoms with van der Waals surface area (Å²) in [5.41, 5.74) is -0.0522. The molecule has 0 aliphatic carbocycles. The zero-order valence-corrected chi connectivity index (χ0v) is 17.6. The minimum atomic E-state index is -4.40. The topological polar surface area (TPSA) is 57.6 Å². The number of ether oxygens (including phenoxy) is 1. The minimum Gasteiger partial charge on any atom is -0.378 e. The Morgan fingerprint density at radius 1 is 1.06 bits per heavy atom. The predicted molar refractivity (Wildman–Crippen MR) is 111 cm³/mol. The Labute approximate surface area is 179 Å². The lowest BCUT2D eigenvalue weighted by Crippen LogP contribution is -2.43. The standard InChI is InChI=1S/C21H27F3N6O/c1-28(19-4-7-25-20(27-19)30-10-12-31-13-11-30)17-5-8-29(9-6-17)15-16-2-3-18(26-14-16)21(22,23)24/h2-4,7,14,17H,5-6,8-13,15H2,1H3. The van der Waals surface area contributed by atoms with E-state index >= 15 is 0 Å². The number of rotatable bonds is 5. The number of anilines is 2. The summed E-state index contributed by atoms with van der Waals surface area (Å²) in [6.07, 6.45) is 0.651. The summed E-state index contributed by atoms with van der Waals surface area (Å²) in [6.45, 7) is 5.33. The molecule has 2 fully saturated rings. The minimum absolute atomic E-state index is 0.356. The predicted octanol–water partition coefficient (Wildman–Crippen LogP) is 2.83. The SMILES string of the molecule is CN(c1ccnc(N2CCOCC2)n1)C1CCN(Cc2ccc(C(F)(F)F)nc2)CC1. The van der Waals surface area contributed by atoms with Crippen LogP contribution in [0.1, 0.15) is 24.1 Å². The second kappa shape index (κ2) is 9.35. The molecule has 0 bridgehead atoms. The molecule has 168 valence electrons. The van der Waals surface area contributed by atoms with E-state index in [0.29, 0.717) is 25.8 Å². The Kier molecular flexibility index (Phi) is 6.57. The monoisotopic (exact) mass is 436 g/mol. The third-order valence-corrected chi connectivity index (χ3v) is 5.91. The average molecular weight is 436 g/mol. The zero-order valence-electron chi connectivity index (χ0n) is 17.6. The molecule has 0 N–H and O–H groups in total. The normalized spacial score (nSPS) is 18.9. The van der Waals surface area contributed by atoms with E-state index in [2.05, 4.69) is 31.7 Å². The number of alkyl halides is 3. The van der Waals surface area contributed by atoms with Gasteiger partial charge in [0.25, 0.3) is 0 Å². The molecular formula is C21H27F3N6O. The number of hydrogen-bond donors (Lipinski definition) is 0. The molecule has 0 atom stereocenters. The van der Waals surface area contributed by atoms with Crippen molar-refractivity contribution in [3.05, 3.63) is 41.9 Å². The van der Waals surface area contributed by atoms with E-state index in [1.54, 1.807) is 6.20 Å².